The molecule has 0 fully saturated rings. The number of nitrogens with one attached hydrogen (secondary N) is 1. The second-order valence-electron chi connectivity index (χ2n) is 7.02. The highest BCUT2D eigenvalue weighted by atomic mass is 35.5. The smallest absolute Gasteiger partial charge is 0.243 e. The maximum Gasteiger partial charge on any atom is 0.243 e. The number of benzene rings is 2. The fourth-order valence-corrected chi connectivity index (χ4v) is 4.20. The number of hydrogen-bond acceptors (Lipinski definition) is 4. The number of likely N-dealkylation sites (N-methyl/N-ethyl adjacent to an activating group) is 2. The third-order valence-corrected chi connectivity index (χ3v) is 6.80. The molecule has 0 saturated heterocycles. The summed E-state index contributed by atoms with van der Waals surface area (Å²) in [6.07, 6.45) is 0. The van der Waals surface area contributed by atoms with Crippen molar-refractivity contribution in [2.24, 2.45) is 0 Å². The van der Waals surface area contributed by atoms with Crippen molar-refractivity contribution in [3.8, 4) is 0 Å². The van der Waals surface area contributed by atoms with Gasteiger partial charge in [0.2, 0.25) is 21.8 Å². The first-order valence-electron chi connectivity index (χ1n) is 9.34. The lowest BCUT2D eigenvalue weighted by molar-refractivity contribution is -0.140. The maximum absolute atomic E-state index is 13.1. The summed E-state index contributed by atoms with van der Waals surface area (Å²) in [7, 11) is -1.07. The Labute approximate surface area is 182 Å². The van der Waals surface area contributed by atoms with Gasteiger partial charge in [-0.1, -0.05) is 41.4 Å². The lowest BCUT2D eigenvalue weighted by Crippen LogP contribution is -2.50. The van der Waals surface area contributed by atoms with Crippen LogP contribution >= 0.6 is 11.6 Å². The zero-order valence-corrected chi connectivity index (χ0v) is 19.0. The van der Waals surface area contributed by atoms with Gasteiger partial charge in [-0.15, -0.1) is 0 Å². The number of carbonyl (C=O) groups is 2. The number of halogens is 1. The normalized spacial score (nSPS) is 12.5. The largest absolute Gasteiger partial charge is 0.357 e. The average molecular weight is 452 g/mol. The van der Waals surface area contributed by atoms with Crippen molar-refractivity contribution < 1.29 is 18.0 Å². The molecule has 2 amide bonds. The second kappa shape index (κ2) is 10.1. The topological polar surface area (TPSA) is 86.8 Å². The molecule has 162 valence electrons. The van der Waals surface area contributed by atoms with E-state index < -0.39 is 28.5 Å². The summed E-state index contributed by atoms with van der Waals surface area (Å²) in [5.74, 6) is -0.813. The summed E-state index contributed by atoms with van der Waals surface area (Å²) in [6, 6.07) is 12.5. The van der Waals surface area contributed by atoms with Gasteiger partial charge < -0.3 is 10.2 Å². The predicted molar refractivity (Wildman–Crippen MR) is 117 cm³/mol. The summed E-state index contributed by atoms with van der Waals surface area (Å²) in [5.41, 5.74) is 1.87. The Morgan fingerprint density at radius 1 is 1.13 bits per heavy atom. The molecule has 0 spiro atoms. The Hall–Kier alpha value is -2.42. The van der Waals surface area contributed by atoms with Gasteiger partial charge in [-0.2, -0.15) is 4.31 Å². The van der Waals surface area contributed by atoms with Crippen LogP contribution in [0, 0.1) is 6.92 Å². The lowest BCUT2D eigenvalue weighted by atomic mass is 10.1. The molecule has 2 rings (SSSR count). The first-order valence-corrected chi connectivity index (χ1v) is 11.2. The molecule has 1 atom stereocenters. The van der Waals surface area contributed by atoms with E-state index in [1.165, 1.54) is 43.3 Å². The van der Waals surface area contributed by atoms with E-state index in [1.54, 1.807) is 6.92 Å². The number of hydrogen-bond donors (Lipinski definition) is 1. The molecule has 0 aromatic heterocycles. The minimum atomic E-state index is -3.89. The Bertz CT molecular complexity index is 1010. The number of sulfonamides is 1. The van der Waals surface area contributed by atoms with Crippen LogP contribution in [-0.2, 0) is 26.2 Å². The van der Waals surface area contributed by atoms with Crippen molar-refractivity contribution in [1.29, 1.82) is 0 Å². The van der Waals surface area contributed by atoms with E-state index in [9.17, 15) is 18.0 Å². The number of nitrogens with zero attached hydrogens (tertiary/aromatic N) is 2. The molecule has 0 aliphatic carbocycles. The van der Waals surface area contributed by atoms with Gasteiger partial charge >= 0.3 is 0 Å². The average Bonchev–Trinajstić information content (AvgIpc) is 2.71. The quantitative estimate of drug-likeness (QED) is 0.667. The highest BCUT2D eigenvalue weighted by Gasteiger charge is 2.29. The Kier molecular flexibility index (Phi) is 8.00. The molecule has 0 radical (unpaired) electrons. The van der Waals surface area contributed by atoms with Crippen molar-refractivity contribution in [3.63, 3.8) is 0 Å². The molecule has 7 nitrogen and oxygen atoms in total. The van der Waals surface area contributed by atoms with Crippen LogP contribution in [0.1, 0.15) is 18.1 Å². The minimum absolute atomic E-state index is 0.0341. The van der Waals surface area contributed by atoms with E-state index in [1.807, 2.05) is 31.2 Å². The second-order valence-corrected chi connectivity index (χ2v) is 9.50. The van der Waals surface area contributed by atoms with E-state index in [2.05, 4.69) is 5.32 Å². The van der Waals surface area contributed by atoms with Crippen molar-refractivity contribution >= 4 is 33.4 Å². The number of aryl methyl sites for hydroxylation is 1. The van der Waals surface area contributed by atoms with Crippen LogP contribution < -0.4 is 5.32 Å². The third kappa shape index (κ3) is 5.81. The van der Waals surface area contributed by atoms with E-state index in [0.29, 0.717) is 5.02 Å². The van der Waals surface area contributed by atoms with Crippen LogP contribution in [-0.4, -0.2) is 56.1 Å². The van der Waals surface area contributed by atoms with Gasteiger partial charge in [0.25, 0.3) is 0 Å². The van der Waals surface area contributed by atoms with Gasteiger partial charge in [0.1, 0.15) is 6.04 Å². The van der Waals surface area contributed by atoms with Crippen molar-refractivity contribution in [1.82, 2.24) is 14.5 Å². The standard InChI is InChI=1S/C21H26ClN3O4S/c1-15-6-5-7-17(12-15)13-25(16(2)21(27)23-3)20(26)14-24(4)30(28,29)19-10-8-18(22)9-11-19/h5-12,16H,13-14H2,1-4H3,(H,23,27). The molecule has 9 heteroatoms. The molecule has 2 aromatic carbocycles. The van der Waals surface area contributed by atoms with Gasteiger partial charge in [-0.25, -0.2) is 8.42 Å². The molecular formula is C21H26ClN3O4S. The summed E-state index contributed by atoms with van der Waals surface area (Å²) in [6.45, 7) is 3.33. The maximum atomic E-state index is 13.1. The highest BCUT2D eigenvalue weighted by molar-refractivity contribution is 7.89. The third-order valence-electron chi connectivity index (χ3n) is 4.73. The van der Waals surface area contributed by atoms with E-state index in [-0.39, 0.29) is 17.3 Å². The molecule has 0 aliphatic heterocycles. The van der Waals surface area contributed by atoms with E-state index >= 15 is 0 Å². The van der Waals surface area contributed by atoms with Crippen LogP contribution in [0.4, 0.5) is 0 Å². The number of carbonyl (C=O) groups excluding carboxylic acids is 2. The summed E-state index contributed by atoms with van der Waals surface area (Å²) in [4.78, 5) is 26.7. The van der Waals surface area contributed by atoms with Crippen LogP contribution in [0.2, 0.25) is 5.02 Å². The Balaban J connectivity index is 2.26. The van der Waals surface area contributed by atoms with Gasteiger partial charge in [0.15, 0.2) is 0 Å². The van der Waals surface area contributed by atoms with Gasteiger partial charge in [0.05, 0.1) is 11.4 Å². The van der Waals surface area contributed by atoms with Crippen LogP contribution in [0.3, 0.4) is 0 Å². The molecule has 1 unspecified atom stereocenters. The van der Waals surface area contributed by atoms with Gasteiger partial charge in [-0.3, -0.25) is 9.59 Å². The molecule has 0 aliphatic rings. The fourth-order valence-electron chi connectivity index (χ4n) is 2.95. The fraction of sp³-hybridized carbons (Fsp3) is 0.333. The Morgan fingerprint density at radius 3 is 2.33 bits per heavy atom. The van der Waals surface area contributed by atoms with Crippen LogP contribution in [0.5, 0.6) is 0 Å². The molecule has 0 saturated carbocycles. The highest BCUT2D eigenvalue weighted by Crippen LogP contribution is 2.18. The van der Waals surface area contributed by atoms with Gasteiger partial charge in [0, 0.05) is 25.7 Å². The zero-order chi connectivity index (χ0) is 22.5. The first kappa shape index (κ1) is 23.9. The molecule has 1 N–H and O–H groups in total. The van der Waals surface area contributed by atoms with Crippen LogP contribution in [0.25, 0.3) is 0 Å². The molecule has 30 heavy (non-hydrogen) atoms. The lowest BCUT2D eigenvalue weighted by Gasteiger charge is -2.30. The molecule has 2 aromatic rings. The zero-order valence-electron chi connectivity index (χ0n) is 17.4. The monoisotopic (exact) mass is 451 g/mol. The Morgan fingerprint density at radius 2 is 1.77 bits per heavy atom. The number of amides is 2. The van der Waals surface area contributed by atoms with Crippen molar-refractivity contribution in [2.75, 3.05) is 20.6 Å². The van der Waals surface area contributed by atoms with Crippen LogP contribution in [0.15, 0.2) is 53.4 Å². The minimum Gasteiger partial charge on any atom is -0.357 e. The van der Waals surface area contributed by atoms with Crippen molar-refractivity contribution in [3.05, 3.63) is 64.7 Å². The predicted octanol–water partition coefficient (Wildman–Crippen LogP) is 2.43. The van der Waals surface area contributed by atoms with E-state index in [4.69, 9.17) is 11.6 Å². The first-order chi connectivity index (χ1) is 14.1. The summed E-state index contributed by atoms with van der Waals surface area (Å²) in [5, 5.41) is 2.95. The summed E-state index contributed by atoms with van der Waals surface area (Å²) >= 11 is 5.83. The molecular weight excluding hydrogens is 426 g/mol. The SMILES string of the molecule is CNC(=O)C(C)N(Cc1cccc(C)c1)C(=O)CN(C)S(=O)(=O)c1ccc(Cl)cc1. The van der Waals surface area contributed by atoms with Gasteiger partial charge in [-0.05, 0) is 43.7 Å². The van der Waals surface area contributed by atoms with E-state index in [0.717, 1.165) is 15.4 Å². The number of rotatable bonds is 8. The summed E-state index contributed by atoms with van der Waals surface area (Å²) < 4.78 is 26.6. The molecule has 0 heterocycles. The van der Waals surface area contributed by atoms with Crippen molar-refractivity contribution in [2.45, 2.75) is 31.3 Å². The molecule has 0 bridgehead atoms.